The number of sulfone groups is 1. The van der Waals surface area contributed by atoms with Gasteiger partial charge in [0.15, 0.2) is 14.9 Å². The van der Waals surface area contributed by atoms with Gasteiger partial charge in [-0.15, -0.1) is 0 Å². The average Bonchev–Trinajstić information content (AvgIpc) is 3.15. The van der Waals surface area contributed by atoms with E-state index in [1.807, 2.05) is 0 Å². The predicted octanol–water partition coefficient (Wildman–Crippen LogP) is 3.99. The number of imidazole rings is 1. The second kappa shape index (κ2) is 9.37. The van der Waals surface area contributed by atoms with Crippen LogP contribution in [0.15, 0.2) is 66.1 Å². The lowest BCUT2D eigenvalue weighted by Gasteiger charge is -2.30. The zero-order valence-corrected chi connectivity index (χ0v) is 19.2. The van der Waals surface area contributed by atoms with Crippen molar-refractivity contribution < 1.29 is 8.42 Å². The number of aromatic nitrogens is 2. The minimum absolute atomic E-state index is 0.0731. The summed E-state index contributed by atoms with van der Waals surface area (Å²) in [5.41, 5.74) is 5.17. The number of nitrogens with zero attached hydrogens (tertiary/aromatic N) is 3. The molecule has 0 fully saturated rings. The molecular weight excluding hydrogens is 406 g/mol. The van der Waals surface area contributed by atoms with Gasteiger partial charge in [-0.3, -0.25) is 4.90 Å². The molecule has 1 aromatic heterocycles. The first-order valence-corrected chi connectivity index (χ1v) is 12.7. The van der Waals surface area contributed by atoms with Crippen molar-refractivity contribution in [3.63, 3.8) is 0 Å². The van der Waals surface area contributed by atoms with Crippen LogP contribution in [-0.2, 0) is 36.1 Å². The van der Waals surface area contributed by atoms with Crippen molar-refractivity contribution in [2.75, 3.05) is 18.8 Å². The maximum absolute atomic E-state index is 12.7. The number of fused-ring (bicyclic) bond motifs is 1. The van der Waals surface area contributed by atoms with Gasteiger partial charge in [0, 0.05) is 19.3 Å². The van der Waals surface area contributed by atoms with Crippen LogP contribution in [0.2, 0.25) is 0 Å². The fourth-order valence-electron chi connectivity index (χ4n) is 4.52. The maximum atomic E-state index is 12.7. The molecule has 164 valence electrons. The zero-order chi connectivity index (χ0) is 21.8. The van der Waals surface area contributed by atoms with Crippen LogP contribution in [0.3, 0.4) is 0 Å². The molecule has 2 heterocycles. The van der Waals surface area contributed by atoms with Crippen LogP contribution in [0.4, 0.5) is 0 Å². The van der Waals surface area contributed by atoms with Crippen LogP contribution in [0.1, 0.15) is 41.6 Å². The van der Waals surface area contributed by atoms with Crippen LogP contribution in [0.5, 0.6) is 0 Å². The highest BCUT2D eigenvalue weighted by Gasteiger charge is 2.25. The zero-order valence-electron chi connectivity index (χ0n) is 18.4. The van der Waals surface area contributed by atoms with E-state index >= 15 is 0 Å². The predicted molar refractivity (Wildman–Crippen MR) is 124 cm³/mol. The SMILES string of the molecule is CCN1CCCc2ccc(CCS(=O)(=O)c3cn(C)cn3)cc2C1Cc1ccccc1. The van der Waals surface area contributed by atoms with E-state index < -0.39 is 9.84 Å². The molecule has 5 nitrogen and oxygen atoms in total. The van der Waals surface area contributed by atoms with Crippen LogP contribution in [0, 0.1) is 0 Å². The highest BCUT2D eigenvalue weighted by atomic mass is 32.2. The Morgan fingerprint density at radius 2 is 1.90 bits per heavy atom. The summed E-state index contributed by atoms with van der Waals surface area (Å²) in [6.45, 7) is 4.33. The lowest BCUT2D eigenvalue weighted by molar-refractivity contribution is 0.211. The Labute approximate surface area is 185 Å². The van der Waals surface area contributed by atoms with Gasteiger partial charge in [0.05, 0.1) is 12.1 Å². The molecule has 0 aliphatic carbocycles. The summed E-state index contributed by atoms with van der Waals surface area (Å²) in [4.78, 5) is 6.59. The molecule has 0 radical (unpaired) electrons. The Balaban J connectivity index is 1.60. The lowest BCUT2D eigenvalue weighted by atomic mass is 9.91. The van der Waals surface area contributed by atoms with E-state index in [-0.39, 0.29) is 10.8 Å². The topological polar surface area (TPSA) is 55.2 Å². The van der Waals surface area contributed by atoms with Crippen molar-refractivity contribution in [1.29, 1.82) is 0 Å². The Hall–Kier alpha value is -2.44. The van der Waals surface area contributed by atoms with Crippen LogP contribution in [-0.4, -0.2) is 41.7 Å². The molecule has 0 N–H and O–H groups in total. The summed E-state index contributed by atoms with van der Waals surface area (Å²) in [5.74, 6) is 0.0731. The van der Waals surface area contributed by atoms with Crippen LogP contribution in [0.25, 0.3) is 0 Å². The highest BCUT2D eigenvalue weighted by molar-refractivity contribution is 7.91. The average molecular weight is 438 g/mol. The Morgan fingerprint density at radius 1 is 1.10 bits per heavy atom. The third kappa shape index (κ3) is 5.08. The van der Waals surface area contributed by atoms with Gasteiger partial charge in [-0.2, -0.15) is 0 Å². The Bertz CT molecular complexity index is 1120. The minimum Gasteiger partial charge on any atom is -0.339 e. The summed E-state index contributed by atoms with van der Waals surface area (Å²) >= 11 is 0. The van der Waals surface area contributed by atoms with Gasteiger partial charge in [-0.25, -0.2) is 13.4 Å². The molecule has 6 heteroatoms. The fraction of sp³-hybridized carbons (Fsp3) is 0.400. The number of hydrogen-bond donors (Lipinski definition) is 0. The van der Waals surface area contributed by atoms with E-state index in [1.54, 1.807) is 17.8 Å². The number of rotatable bonds is 7. The van der Waals surface area contributed by atoms with E-state index in [4.69, 9.17) is 0 Å². The van der Waals surface area contributed by atoms with E-state index in [0.717, 1.165) is 37.9 Å². The molecule has 3 aromatic rings. The highest BCUT2D eigenvalue weighted by Crippen LogP contribution is 2.32. The molecule has 1 aliphatic rings. The van der Waals surface area contributed by atoms with Gasteiger partial charge in [0.1, 0.15) is 0 Å². The molecule has 1 unspecified atom stereocenters. The third-order valence-corrected chi connectivity index (χ3v) is 7.83. The summed E-state index contributed by atoms with van der Waals surface area (Å²) in [6, 6.07) is 17.5. The van der Waals surface area contributed by atoms with E-state index in [2.05, 4.69) is 65.3 Å². The van der Waals surface area contributed by atoms with Crippen molar-refractivity contribution >= 4 is 9.84 Å². The molecule has 0 bridgehead atoms. The van der Waals surface area contributed by atoms with Crippen molar-refractivity contribution in [1.82, 2.24) is 14.5 Å². The molecule has 31 heavy (non-hydrogen) atoms. The molecule has 0 spiro atoms. The molecule has 4 rings (SSSR count). The number of aryl methyl sites for hydroxylation is 3. The van der Waals surface area contributed by atoms with E-state index in [9.17, 15) is 8.42 Å². The van der Waals surface area contributed by atoms with Gasteiger partial charge in [-0.05, 0) is 61.0 Å². The first-order chi connectivity index (χ1) is 15.0. The quantitative estimate of drug-likeness (QED) is 0.561. The van der Waals surface area contributed by atoms with Gasteiger partial charge in [0.25, 0.3) is 0 Å². The molecule has 1 aliphatic heterocycles. The largest absolute Gasteiger partial charge is 0.339 e. The molecule has 2 aromatic carbocycles. The maximum Gasteiger partial charge on any atom is 0.197 e. The smallest absolute Gasteiger partial charge is 0.197 e. The first kappa shape index (κ1) is 21.8. The van der Waals surface area contributed by atoms with Crippen molar-refractivity contribution in [2.24, 2.45) is 7.05 Å². The van der Waals surface area contributed by atoms with Crippen molar-refractivity contribution in [2.45, 2.75) is 43.7 Å². The third-order valence-electron chi connectivity index (χ3n) is 6.24. The monoisotopic (exact) mass is 437 g/mol. The summed E-state index contributed by atoms with van der Waals surface area (Å²) in [6.07, 6.45) is 6.79. The van der Waals surface area contributed by atoms with Crippen molar-refractivity contribution in [3.8, 4) is 0 Å². The molecule has 0 amide bonds. The minimum atomic E-state index is -3.39. The second-order valence-electron chi connectivity index (χ2n) is 8.42. The number of likely N-dealkylation sites (N-methyl/N-ethyl adjacent to an activating group) is 1. The van der Waals surface area contributed by atoms with Gasteiger partial charge in [-0.1, -0.05) is 55.5 Å². The van der Waals surface area contributed by atoms with Crippen molar-refractivity contribution in [3.05, 3.63) is 83.3 Å². The lowest BCUT2D eigenvalue weighted by Crippen LogP contribution is -2.30. The van der Waals surface area contributed by atoms with Crippen LogP contribution < -0.4 is 0 Å². The Kier molecular flexibility index (Phi) is 6.58. The van der Waals surface area contributed by atoms with E-state index in [1.165, 1.54) is 23.0 Å². The van der Waals surface area contributed by atoms with Gasteiger partial charge >= 0.3 is 0 Å². The summed E-state index contributed by atoms with van der Waals surface area (Å²) < 4.78 is 27.0. The standard InChI is InChI=1S/C25H31N3O2S/c1-3-28-14-7-10-22-12-11-21(13-15-31(29,30)25-18-27(2)19-26-25)16-23(22)24(28)17-20-8-5-4-6-9-20/h4-6,8-9,11-12,16,18-19,24H,3,7,10,13-15,17H2,1-2H3. The molecular formula is C25H31N3O2S. The van der Waals surface area contributed by atoms with E-state index in [0.29, 0.717) is 12.5 Å². The fourth-order valence-corrected chi connectivity index (χ4v) is 5.77. The van der Waals surface area contributed by atoms with Gasteiger partial charge < -0.3 is 4.57 Å². The Morgan fingerprint density at radius 3 is 2.61 bits per heavy atom. The number of benzene rings is 2. The second-order valence-corrected chi connectivity index (χ2v) is 10.5. The number of hydrogen-bond acceptors (Lipinski definition) is 4. The van der Waals surface area contributed by atoms with Crippen LogP contribution >= 0.6 is 0 Å². The molecule has 0 saturated heterocycles. The van der Waals surface area contributed by atoms with Gasteiger partial charge in [0.2, 0.25) is 0 Å². The summed E-state index contributed by atoms with van der Waals surface area (Å²) in [5, 5.41) is 0.156. The molecule has 0 saturated carbocycles. The summed E-state index contributed by atoms with van der Waals surface area (Å²) in [7, 11) is -1.60. The normalized spacial score (nSPS) is 17.3. The first-order valence-electron chi connectivity index (χ1n) is 11.1. The molecule has 1 atom stereocenters.